The van der Waals surface area contributed by atoms with E-state index in [0.29, 0.717) is 8.94 Å². The number of hydrogen-bond acceptors (Lipinski definition) is 4. The molecule has 0 bridgehead atoms. The maximum atomic E-state index is 12.1. The molecule has 0 radical (unpaired) electrons. The summed E-state index contributed by atoms with van der Waals surface area (Å²) in [6.07, 6.45) is 0. The quantitative estimate of drug-likeness (QED) is 0.844. The molecule has 1 aromatic rings. The molecule has 0 saturated heterocycles. The summed E-state index contributed by atoms with van der Waals surface area (Å²) < 4.78 is 25.2. The first-order valence-electron chi connectivity index (χ1n) is 4.78. The molecule has 0 aromatic heterocycles. The smallest absolute Gasteiger partial charge is 0.336 e. The molecular formula is C10H12BrNO5S. The van der Waals surface area contributed by atoms with E-state index in [1.807, 2.05) is 0 Å². The number of sulfonamides is 1. The largest absolute Gasteiger partial charge is 0.478 e. The van der Waals surface area contributed by atoms with Gasteiger partial charge < -0.3 is 5.11 Å². The molecular weight excluding hydrogens is 326 g/mol. The molecule has 0 atom stereocenters. The first-order valence-corrected chi connectivity index (χ1v) is 7.01. The van der Waals surface area contributed by atoms with Crippen LogP contribution in [0.4, 0.5) is 0 Å². The predicted octanol–water partition coefficient (Wildman–Crippen LogP) is 1.64. The van der Waals surface area contributed by atoms with Crippen LogP contribution in [0.2, 0.25) is 0 Å². The Balaban J connectivity index is 3.57. The van der Waals surface area contributed by atoms with Gasteiger partial charge in [-0.1, -0.05) is 20.4 Å². The lowest BCUT2D eigenvalue weighted by Gasteiger charge is -2.17. The minimum atomic E-state index is -3.88. The van der Waals surface area contributed by atoms with Crippen LogP contribution in [-0.2, 0) is 14.9 Å². The van der Waals surface area contributed by atoms with Crippen molar-refractivity contribution in [3.63, 3.8) is 0 Å². The maximum absolute atomic E-state index is 12.1. The van der Waals surface area contributed by atoms with Gasteiger partial charge in [0.25, 0.3) is 10.0 Å². The Morgan fingerprint density at radius 3 is 2.44 bits per heavy atom. The van der Waals surface area contributed by atoms with Crippen molar-refractivity contribution >= 4 is 31.9 Å². The first-order chi connectivity index (χ1) is 8.21. The average Bonchev–Trinajstić information content (AvgIpc) is 2.29. The molecule has 1 aromatic carbocycles. The van der Waals surface area contributed by atoms with Crippen LogP contribution in [0.3, 0.4) is 0 Å². The molecule has 0 unspecified atom stereocenters. The number of rotatable bonds is 4. The van der Waals surface area contributed by atoms with Gasteiger partial charge in [0.2, 0.25) is 0 Å². The number of carboxylic acid groups (broad SMARTS) is 1. The summed E-state index contributed by atoms with van der Waals surface area (Å²) in [5, 5.41) is 9.02. The van der Waals surface area contributed by atoms with Crippen LogP contribution in [0.15, 0.2) is 21.5 Å². The number of hydroxylamine groups is 1. The topological polar surface area (TPSA) is 83.9 Å². The highest BCUT2D eigenvalue weighted by atomic mass is 79.9. The van der Waals surface area contributed by atoms with Crippen LogP contribution in [-0.4, -0.2) is 38.1 Å². The van der Waals surface area contributed by atoms with Crippen molar-refractivity contribution in [3.8, 4) is 0 Å². The molecule has 0 aliphatic rings. The molecule has 0 spiro atoms. The van der Waals surface area contributed by atoms with E-state index in [-0.39, 0.29) is 16.0 Å². The van der Waals surface area contributed by atoms with Crippen LogP contribution >= 0.6 is 15.9 Å². The van der Waals surface area contributed by atoms with E-state index < -0.39 is 16.0 Å². The third-order valence-electron chi connectivity index (χ3n) is 2.43. The van der Waals surface area contributed by atoms with Gasteiger partial charge in [0, 0.05) is 11.5 Å². The molecule has 100 valence electrons. The molecule has 0 aliphatic heterocycles. The molecule has 0 saturated carbocycles. The van der Waals surface area contributed by atoms with Gasteiger partial charge >= 0.3 is 5.97 Å². The van der Waals surface area contributed by atoms with Crippen LogP contribution in [0, 0.1) is 6.92 Å². The Morgan fingerprint density at radius 2 is 2.00 bits per heavy atom. The number of aromatic carboxylic acids is 1. The number of halogens is 1. The summed E-state index contributed by atoms with van der Waals surface area (Å²) in [5.74, 6) is -1.19. The van der Waals surface area contributed by atoms with Gasteiger partial charge in [-0.15, -0.1) is 0 Å². The summed E-state index contributed by atoms with van der Waals surface area (Å²) in [6, 6.07) is 2.69. The van der Waals surface area contributed by atoms with Gasteiger partial charge in [-0.05, 0) is 24.6 Å². The monoisotopic (exact) mass is 337 g/mol. The van der Waals surface area contributed by atoms with Gasteiger partial charge in [0.1, 0.15) is 0 Å². The van der Waals surface area contributed by atoms with Crippen molar-refractivity contribution in [1.82, 2.24) is 4.47 Å². The lowest BCUT2D eigenvalue weighted by molar-refractivity contribution is -0.0259. The van der Waals surface area contributed by atoms with E-state index in [0.717, 1.165) is 0 Å². The van der Waals surface area contributed by atoms with Crippen molar-refractivity contribution in [1.29, 1.82) is 0 Å². The second-order valence-electron chi connectivity index (χ2n) is 3.48. The minimum absolute atomic E-state index is 0.0764. The molecule has 8 heteroatoms. The highest BCUT2D eigenvalue weighted by molar-refractivity contribution is 9.10. The molecule has 0 heterocycles. The summed E-state index contributed by atoms with van der Waals surface area (Å²) in [5.41, 5.74) is 0.0852. The number of nitrogens with zero attached hydrogens (tertiary/aromatic N) is 1. The van der Waals surface area contributed by atoms with Crippen molar-refractivity contribution in [3.05, 3.63) is 27.7 Å². The Hall–Kier alpha value is -0.960. The Bertz CT molecular complexity index is 584. The Kier molecular flexibility index (Phi) is 4.49. The molecule has 0 amide bonds. The fourth-order valence-corrected chi connectivity index (χ4v) is 3.24. The predicted molar refractivity (Wildman–Crippen MR) is 67.8 cm³/mol. The molecule has 18 heavy (non-hydrogen) atoms. The van der Waals surface area contributed by atoms with Crippen molar-refractivity contribution in [2.45, 2.75) is 11.8 Å². The van der Waals surface area contributed by atoms with Gasteiger partial charge in [0.15, 0.2) is 0 Å². The summed E-state index contributed by atoms with van der Waals surface area (Å²) >= 11 is 3.09. The van der Waals surface area contributed by atoms with E-state index in [2.05, 4.69) is 20.8 Å². The number of hydrogen-bond donors (Lipinski definition) is 1. The third kappa shape index (κ3) is 2.72. The Labute approximate surface area is 113 Å². The summed E-state index contributed by atoms with van der Waals surface area (Å²) in [6.45, 7) is 1.44. The van der Waals surface area contributed by atoms with Crippen molar-refractivity contribution in [2.24, 2.45) is 0 Å². The minimum Gasteiger partial charge on any atom is -0.478 e. The van der Waals surface area contributed by atoms with Crippen molar-refractivity contribution in [2.75, 3.05) is 14.2 Å². The zero-order chi connectivity index (χ0) is 14.1. The Morgan fingerprint density at radius 1 is 1.44 bits per heavy atom. The highest BCUT2D eigenvalue weighted by Gasteiger charge is 2.26. The highest BCUT2D eigenvalue weighted by Crippen LogP contribution is 2.26. The third-order valence-corrected chi connectivity index (χ3v) is 4.69. The van der Waals surface area contributed by atoms with E-state index in [4.69, 9.17) is 5.11 Å². The van der Waals surface area contributed by atoms with E-state index in [1.54, 1.807) is 0 Å². The van der Waals surface area contributed by atoms with Crippen LogP contribution in [0.25, 0.3) is 0 Å². The van der Waals surface area contributed by atoms with Crippen LogP contribution < -0.4 is 0 Å². The zero-order valence-electron chi connectivity index (χ0n) is 9.97. The van der Waals surface area contributed by atoms with Gasteiger partial charge in [-0.2, -0.15) is 0 Å². The molecule has 0 aliphatic carbocycles. The lowest BCUT2D eigenvalue weighted by Crippen LogP contribution is -2.27. The molecule has 6 nitrogen and oxygen atoms in total. The molecule has 1 rings (SSSR count). The number of carbonyl (C=O) groups is 1. The normalized spacial score (nSPS) is 11.8. The molecule has 0 fully saturated rings. The first kappa shape index (κ1) is 15.1. The van der Waals surface area contributed by atoms with E-state index in [9.17, 15) is 13.2 Å². The van der Waals surface area contributed by atoms with Gasteiger partial charge in [0.05, 0.1) is 17.6 Å². The standard InChI is InChI=1S/C10H12BrNO5S/c1-6-8(10(13)14)4-7(11)5-9(6)18(15,16)12(2)17-3/h4-5H,1-3H3,(H,13,14). The van der Waals surface area contributed by atoms with E-state index in [1.165, 1.54) is 33.2 Å². The molecule has 1 N–H and O–H groups in total. The SMILES string of the molecule is CON(C)S(=O)(=O)c1cc(Br)cc(C(=O)O)c1C. The fourth-order valence-electron chi connectivity index (χ4n) is 1.38. The number of carboxylic acids is 1. The second kappa shape index (κ2) is 5.35. The maximum Gasteiger partial charge on any atom is 0.336 e. The number of benzene rings is 1. The fraction of sp³-hybridized carbons (Fsp3) is 0.300. The summed E-state index contributed by atoms with van der Waals surface area (Å²) in [4.78, 5) is 15.6. The van der Waals surface area contributed by atoms with Gasteiger partial charge in [-0.3, -0.25) is 4.84 Å². The zero-order valence-corrected chi connectivity index (χ0v) is 12.4. The summed E-state index contributed by atoms with van der Waals surface area (Å²) in [7, 11) is -1.44. The second-order valence-corrected chi connectivity index (χ2v) is 6.30. The van der Waals surface area contributed by atoms with Gasteiger partial charge in [-0.25, -0.2) is 13.2 Å². The lowest BCUT2D eigenvalue weighted by atomic mass is 10.1. The van der Waals surface area contributed by atoms with Crippen molar-refractivity contribution < 1.29 is 23.2 Å². The average molecular weight is 338 g/mol. The van der Waals surface area contributed by atoms with Crippen LogP contribution in [0.5, 0.6) is 0 Å². The van der Waals surface area contributed by atoms with Crippen LogP contribution in [0.1, 0.15) is 15.9 Å². The van der Waals surface area contributed by atoms with E-state index >= 15 is 0 Å².